The number of aromatic nitrogens is 1. The van der Waals surface area contributed by atoms with E-state index in [9.17, 15) is 4.79 Å². The Kier molecular flexibility index (Phi) is 2.75. The number of nitrogens with zero attached hydrogens (tertiary/aromatic N) is 2. The van der Waals surface area contributed by atoms with Gasteiger partial charge in [0.2, 0.25) is 6.08 Å². The Labute approximate surface area is 105 Å². The fourth-order valence-corrected chi connectivity index (χ4v) is 2.06. The lowest BCUT2D eigenvalue weighted by Crippen LogP contribution is -1.88. The normalized spacial score (nSPS) is 14.0. The fraction of sp³-hybridized carbons (Fsp3) is 0.200. The van der Waals surface area contributed by atoms with E-state index in [2.05, 4.69) is 9.98 Å². The van der Waals surface area contributed by atoms with Crippen LogP contribution in [0, 0.1) is 0 Å². The molecule has 1 aliphatic carbocycles. The molecule has 3 nitrogen and oxygen atoms in total. The van der Waals surface area contributed by atoms with Crippen LogP contribution in [0.2, 0.25) is 0 Å². The van der Waals surface area contributed by atoms with Gasteiger partial charge in [0, 0.05) is 11.8 Å². The highest BCUT2D eigenvalue weighted by Gasteiger charge is 2.24. The average molecular weight is 236 g/mol. The third kappa shape index (κ3) is 2.08. The molecule has 1 fully saturated rings. The third-order valence-electron chi connectivity index (χ3n) is 3.15. The molecule has 1 heterocycles. The molecule has 1 aliphatic rings. The predicted molar refractivity (Wildman–Crippen MR) is 69.4 cm³/mol. The molecule has 3 heteroatoms. The van der Waals surface area contributed by atoms with Crippen molar-refractivity contribution >= 4 is 11.8 Å². The second-order valence-corrected chi connectivity index (χ2v) is 4.48. The summed E-state index contributed by atoms with van der Waals surface area (Å²) in [5, 5.41) is 0. The number of aliphatic imine (C=N–C) groups is 1. The Morgan fingerprint density at radius 3 is 2.67 bits per heavy atom. The van der Waals surface area contributed by atoms with Crippen molar-refractivity contribution in [2.75, 3.05) is 0 Å². The number of pyridine rings is 1. The molecule has 0 atom stereocenters. The van der Waals surface area contributed by atoms with E-state index in [-0.39, 0.29) is 0 Å². The van der Waals surface area contributed by atoms with Gasteiger partial charge in [0.25, 0.3) is 0 Å². The van der Waals surface area contributed by atoms with Crippen LogP contribution in [0.3, 0.4) is 0 Å². The summed E-state index contributed by atoms with van der Waals surface area (Å²) in [4.78, 5) is 18.8. The number of carbonyl (C=O) groups excluding carboxylic acids is 1. The molecule has 1 aromatic carbocycles. The molecule has 0 amide bonds. The van der Waals surface area contributed by atoms with Crippen LogP contribution in [0.15, 0.2) is 47.6 Å². The van der Waals surface area contributed by atoms with Crippen molar-refractivity contribution in [1.29, 1.82) is 0 Å². The van der Waals surface area contributed by atoms with E-state index >= 15 is 0 Å². The minimum atomic E-state index is 0.600. The quantitative estimate of drug-likeness (QED) is 0.603. The molecule has 0 unspecified atom stereocenters. The molecule has 0 bridgehead atoms. The van der Waals surface area contributed by atoms with E-state index in [0.717, 1.165) is 11.3 Å². The summed E-state index contributed by atoms with van der Waals surface area (Å²) in [7, 11) is 0. The molecule has 0 aliphatic heterocycles. The molecule has 2 aromatic rings. The highest BCUT2D eigenvalue weighted by atomic mass is 16.1. The van der Waals surface area contributed by atoms with Crippen LogP contribution >= 0.6 is 0 Å². The molecular weight excluding hydrogens is 224 g/mol. The smallest absolute Gasteiger partial charge is 0.240 e. The SMILES string of the molecule is O=C=Nc1cc(C2CC2)cnc1-c1ccccc1. The topological polar surface area (TPSA) is 42.3 Å². The summed E-state index contributed by atoms with van der Waals surface area (Å²) in [6, 6.07) is 11.7. The summed E-state index contributed by atoms with van der Waals surface area (Å²) < 4.78 is 0. The monoisotopic (exact) mass is 236 g/mol. The van der Waals surface area contributed by atoms with Gasteiger partial charge in [-0.3, -0.25) is 4.98 Å². The summed E-state index contributed by atoms with van der Waals surface area (Å²) in [5.74, 6) is 0.600. The van der Waals surface area contributed by atoms with Gasteiger partial charge in [-0.25, -0.2) is 4.79 Å². The molecule has 18 heavy (non-hydrogen) atoms. The molecule has 1 saturated carbocycles. The number of rotatable bonds is 3. The zero-order chi connectivity index (χ0) is 12.4. The van der Waals surface area contributed by atoms with Crippen molar-refractivity contribution in [2.24, 2.45) is 4.99 Å². The van der Waals surface area contributed by atoms with Gasteiger partial charge in [0.15, 0.2) is 0 Å². The molecule has 0 radical (unpaired) electrons. The zero-order valence-electron chi connectivity index (χ0n) is 9.84. The van der Waals surface area contributed by atoms with E-state index in [4.69, 9.17) is 0 Å². The minimum Gasteiger partial charge on any atom is -0.254 e. The first kappa shape index (κ1) is 10.9. The Balaban J connectivity index is 2.10. The maximum atomic E-state index is 10.5. The van der Waals surface area contributed by atoms with E-state index in [1.807, 2.05) is 42.6 Å². The molecule has 0 saturated heterocycles. The number of isocyanates is 1. The summed E-state index contributed by atoms with van der Waals surface area (Å²) in [6.45, 7) is 0. The van der Waals surface area contributed by atoms with Crippen LogP contribution in [0.4, 0.5) is 5.69 Å². The van der Waals surface area contributed by atoms with Crippen molar-refractivity contribution in [3.63, 3.8) is 0 Å². The second-order valence-electron chi connectivity index (χ2n) is 4.48. The van der Waals surface area contributed by atoms with E-state index < -0.39 is 0 Å². The highest BCUT2D eigenvalue weighted by molar-refractivity contribution is 5.74. The van der Waals surface area contributed by atoms with E-state index in [0.29, 0.717) is 11.6 Å². The number of hydrogen-bond donors (Lipinski definition) is 0. The van der Waals surface area contributed by atoms with Crippen molar-refractivity contribution in [3.8, 4) is 11.3 Å². The van der Waals surface area contributed by atoms with E-state index in [1.165, 1.54) is 18.4 Å². The average Bonchev–Trinajstić information content (AvgIpc) is 3.24. The third-order valence-corrected chi connectivity index (χ3v) is 3.15. The second kappa shape index (κ2) is 4.55. The van der Waals surface area contributed by atoms with Crippen LogP contribution in [-0.2, 0) is 4.79 Å². The number of benzene rings is 1. The molecule has 88 valence electrons. The van der Waals surface area contributed by atoms with Gasteiger partial charge in [-0.05, 0) is 30.4 Å². The Bertz CT molecular complexity index is 612. The first-order valence-corrected chi connectivity index (χ1v) is 6.02. The van der Waals surface area contributed by atoms with Crippen molar-refractivity contribution in [3.05, 3.63) is 48.2 Å². The molecule has 0 N–H and O–H groups in total. The molecule has 3 rings (SSSR count). The standard InChI is InChI=1S/C15H12N2O/c18-10-17-14-8-13(11-6-7-11)9-16-15(14)12-4-2-1-3-5-12/h1-5,8-9,11H,6-7H2. The van der Waals surface area contributed by atoms with Gasteiger partial charge in [-0.1, -0.05) is 30.3 Å². The lowest BCUT2D eigenvalue weighted by Gasteiger charge is -2.06. The van der Waals surface area contributed by atoms with Gasteiger partial charge >= 0.3 is 0 Å². The summed E-state index contributed by atoms with van der Waals surface area (Å²) in [6.07, 6.45) is 5.92. The Hall–Kier alpha value is -2.25. The van der Waals surface area contributed by atoms with Gasteiger partial charge < -0.3 is 0 Å². The maximum Gasteiger partial charge on any atom is 0.240 e. The van der Waals surface area contributed by atoms with Crippen LogP contribution in [0.1, 0.15) is 24.3 Å². The first-order valence-electron chi connectivity index (χ1n) is 6.02. The van der Waals surface area contributed by atoms with Crippen LogP contribution in [0.5, 0.6) is 0 Å². The zero-order valence-corrected chi connectivity index (χ0v) is 9.84. The van der Waals surface area contributed by atoms with Crippen LogP contribution < -0.4 is 0 Å². The maximum absolute atomic E-state index is 10.5. The predicted octanol–water partition coefficient (Wildman–Crippen LogP) is 3.59. The lowest BCUT2D eigenvalue weighted by molar-refractivity contribution is 0.565. The van der Waals surface area contributed by atoms with Gasteiger partial charge in [0.05, 0.1) is 5.69 Å². The minimum absolute atomic E-state index is 0.600. The Morgan fingerprint density at radius 2 is 2.00 bits per heavy atom. The highest BCUT2D eigenvalue weighted by Crippen LogP contribution is 2.42. The summed E-state index contributed by atoms with van der Waals surface area (Å²) in [5.41, 5.74) is 3.49. The molecular formula is C15H12N2O. The Morgan fingerprint density at radius 1 is 1.22 bits per heavy atom. The lowest BCUT2D eigenvalue weighted by atomic mass is 10.1. The number of hydrogen-bond acceptors (Lipinski definition) is 3. The largest absolute Gasteiger partial charge is 0.254 e. The van der Waals surface area contributed by atoms with Gasteiger partial charge in [-0.15, -0.1) is 0 Å². The van der Waals surface area contributed by atoms with Crippen molar-refractivity contribution in [1.82, 2.24) is 4.98 Å². The van der Waals surface area contributed by atoms with E-state index in [1.54, 1.807) is 6.08 Å². The molecule has 1 aromatic heterocycles. The van der Waals surface area contributed by atoms with Gasteiger partial charge in [-0.2, -0.15) is 4.99 Å². The van der Waals surface area contributed by atoms with Crippen LogP contribution in [-0.4, -0.2) is 11.1 Å². The van der Waals surface area contributed by atoms with Crippen molar-refractivity contribution in [2.45, 2.75) is 18.8 Å². The fourth-order valence-electron chi connectivity index (χ4n) is 2.06. The molecule has 0 spiro atoms. The first-order chi connectivity index (χ1) is 8.88. The van der Waals surface area contributed by atoms with Crippen LogP contribution in [0.25, 0.3) is 11.3 Å². The van der Waals surface area contributed by atoms with Gasteiger partial charge in [0.1, 0.15) is 5.69 Å². The van der Waals surface area contributed by atoms with Crippen molar-refractivity contribution < 1.29 is 4.79 Å². The summed E-state index contributed by atoms with van der Waals surface area (Å²) >= 11 is 0.